The first-order valence-corrected chi connectivity index (χ1v) is 7.16. The number of nitrogens with zero attached hydrogens (tertiary/aromatic N) is 3. The van der Waals surface area contributed by atoms with Gasteiger partial charge < -0.3 is 9.47 Å². The first kappa shape index (κ1) is 12.8. The molecule has 1 aromatic heterocycles. The lowest BCUT2D eigenvalue weighted by atomic mass is 10.1. The van der Waals surface area contributed by atoms with Gasteiger partial charge in [-0.3, -0.25) is 4.90 Å². The van der Waals surface area contributed by atoms with Crippen molar-refractivity contribution in [3.63, 3.8) is 0 Å². The van der Waals surface area contributed by atoms with Gasteiger partial charge in [-0.2, -0.15) is 0 Å². The number of ether oxygens (including phenoxy) is 2. The van der Waals surface area contributed by atoms with Crippen LogP contribution in [0.3, 0.4) is 0 Å². The van der Waals surface area contributed by atoms with Gasteiger partial charge in [-0.1, -0.05) is 0 Å². The van der Waals surface area contributed by atoms with Gasteiger partial charge in [0.25, 0.3) is 0 Å². The smallest absolute Gasteiger partial charge is 0.219 e. The van der Waals surface area contributed by atoms with Crippen molar-refractivity contribution in [3.8, 4) is 5.88 Å². The van der Waals surface area contributed by atoms with Crippen LogP contribution in [0.5, 0.6) is 5.88 Å². The molecule has 3 heterocycles. The van der Waals surface area contributed by atoms with E-state index in [1.165, 1.54) is 5.56 Å². The maximum absolute atomic E-state index is 5.63. The number of fused-ring (bicyclic) bond motifs is 1. The van der Waals surface area contributed by atoms with E-state index in [9.17, 15) is 0 Å². The summed E-state index contributed by atoms with van der Waals surface area (Å²) in [6, 6.07) is 0.581. The summed E-state index contributed by atoms with van der Waals surface area (Å²) < 4.78 is 11.1. The van der Waals surface area contributed by atoms with Gasteiger partial charge in [0, 0.05) is 37.7 Å². The van der Waals surface area contributed by atoms with Crippen LogP contribution < -0.4 is 4.74 Å². The molecule has 0 N–H and O–H groups in total. The van der Waals surface area contributed by atoms with Crippen LogP contribution in [0.25, 0.3) is 0 Å². The van der Waals surface area contributed by atoms with Crippen molar-refractivity contribution in [1.29, 1.82) is 0 Å². The third-order valence-corrected chi connectivity index (χ3v) is 3.98. The normalized spacial score (nSPS) is 23.9. The summed E-state index contributed by atoms with van der Waals surface area (Å²) >= 11 is 0. The Kier molecular flexibility index (Phi) is 3.94. The lowest BCUT2D eigenvalue weighted by molar-refractivity contribution is 0.146. The van der Waals surface area contributed by atoms with Crippen molar-refractivity contribution in [3.05, 3.63) is 17.6 Å². The SMILES string of the molecule is CCOc1ncnc2c1CCN(C1CCOC1)CC2. The van der Waals surface area contributed by atoms with E-state index in [4.69, 9.17) is 9.47 Å². The van der Waals surface area contributed by atoms with Gasteiger partial charge in [0.05, 0.1) is 18.9 Å². The quantitative estimate of drug-likeness (QED) is 0.816. The fraction of sp³-hybridized carbons (Fsp3) is 0.714. The molecule has 1 fully saturated rings. The first-order chi connectivity index (χ1) is 9.38. The fourth-order valence-electron chi connectivity index (χ4n) is 2.95. The van der Waals surface area contributed by atoms with Crippen molar-refractivity contribution >= 4 is 0 Å². The number of aromatic nitrogens is 2. The molecular weight excluding hydrogens is 242 g/mol. The van der Waals surface area contributed by atoms with Crippen molar-refractivity contribution in [2.24, 2.45) is 0 Å². The summed E-state index contributed by atoms with van der Waals surface area (Å²) in [6.45, 7) is 6.54. The highest BCUT2D eigenvalue weighted by Gasteiger charge is 2.26. The molecule has 0 bridgehead atoms. The summed E-state index contributed by atoms with van der Waals surface area (Å²) in [7, 11) is 0. The van der Waals surface area contributed by atoms with E-state index >= 15 is 0 Å². The Bertz CT molecular complexity index is 433. The molecule has 19 heavy (non-hydrogen) atoms. The molecular formula is C14H21N3O2. The molecule has 1 saturated heterocycles. The largest absolute Gasteiger partial charge is 0.478 e. The molecule has 1 atom stereocenters. The minimum absolute atomic E-state index is 0.581. The van der Waals surface area contributed by atoms with Crippen LogP contribution in [-0.4, -0.2) is 53.8 Å². The predicted molar refractivity (Wildman–Crippen MR) is 71.4 cm³/mol. The van der Waals surface area contributed by atoms with E-state index in [-0.39, 0.29) is 0 Å². The van der Waals surface area contributed by atoms with E-state index in [0.29, 0.717) is 12.6 Å². The second kappa shape index (κ2) is 5.84. The van der Waals surface area contributed by atoms with E-state index in [1.807, 2.05) is 6.92 Å². The number of rotatable bonds is 3. The Balaban J connectivity index is 1.75. The monoisotopic (exact) mass is 263 g/mol. The number of hydrogen-bond donors (Lipinski definition) is 0. The van der Waals surface area contributed by atoms with Crippen LogP contribution in [0.1, 0.15) is 24.6 Å². The molecule has 1 aromatic rings. The van der Waals surface area contributed by atoms with Crippen molar-refractivity contribution in [2.75, 3.05) is 32.9 Å². The second-order valence-electron chi connectivity index (χ2n) is 5.09. The highest BCUT2D eigenvalue weighted by molar-refractivity contribution is 5.31. The minimum atomic E-state index is 0.581. The molecule has 5 heteroatoms. The molecule has 0 spiro atoms. The second-order valence-corrected chi connectivity index (χ2v) is 5.09. The Hall–Kier alpha value is -1.20. The molecule has 2 aliphatic rings. The zero-order chi connectivity index (χ0) is 13.1. The van der Waals surface area contributed by atoms with Gasteiger partial charge in [0.15, 0.2) is 0 Å². The Labute approximate surface area is 113 Å². The minimum Gasteiger partial charge on any atom is -0.478 e. The third-order valence-electron chi connectivity index (χ3n) is 3.98. The summed E-state index contributed by atoms with van der Waals surface area (Å²) in [5.41, 5.74) is 2.35. The zero-order valence-electron chi connectivity index (χ0n) is 11.5. The Morgan fingerprint density at radius 1 is 1.37 bits per heavy atom. The van der Waals surface area contributed by atoms with Crippen molar-refractivity contribution < 1.29 is 9.47 Å². The number of hydrogen-bond acceptors (Lipinski definition) is 5. The molecule has 2 aliphatic heterocycles. The van der Waals surface area contributed by atoms with E-state index in [1.54, 1.807) is 6.33 Å². The maximum Gasteiger partial charge on any atom is 0.219 e. The lowest BCUT2D eigenvalue weighted by Crippen LogP contribution is -2.37. The maximum atomic E-state index is 5.63. The average Bonchev–Trinajstić information content (AvgIpc) is 2.86. The van der Waals surface area contributed by atoms with Crippen LogP contribution in [0, 0.1) is 0 Å². The summed E-state index contributed by atoms with van der Waals surface area (Å²) in [5.74, 6) is 0.775. The molecule has 104 valence electrons. The molecule has 0 saturated carbocycles. The molecule has 1 unspecified atom stereocenters. The lowest BCUT2D eigenvalue weighted by Gasteiger charge is -2.25. The molecule has 0 aliphatic carbocycles. The van der Waals surface area contributed by atoms with Gasteiger partial charge >= 0.3 is 0 Å². The standard InChI is InChI=1S/C14H21N3O2/c1-2-19-14-12-3-6-17(11-5-8-18-9-11)7-4-13(12)15-10-16-14/h10-11H,2-9H2,1H3. The summed E-state index contributed by atoms with van der Waals surface area (Å²) in [6.07, 6.45) is 4.73. The van der Waals surface area contributed by atoms with Crippen LogP contribution in [-0.2, 0) is 17.6 Å². The van der Waals surface area contributed by atoms with Crippen LogP contribution >= 0.6 is 0 Å². The fourth-order valence-corrected chi connectivity index (χ4v) is 2.95. The van der Waals surface area contributed by atoms with Gasteiger partial charge in [-0.05, 0) is 19.8 Å². The van der Waals surface area contributed by atoms with E-state index in [0.717, 1.165) is 57.1 Å². The zero-order valence-corrected chi connectivity index (χ0v) is 11.5. The molecule has 3 rings (SSSR count). The molecule has 0 radical (unpaired) electrons. The van der Waals surface area contributed by atoms with E-state index in [2.05, 4.69) is 14.9 Å². The molecule has 5 nitrogen and oxygen atoms in total. The van der Waals surface area contributed by atoms with Gasteiger partial charge in [0.2, 0.25) is 5.88 Å². The summed E-state index contributed by atoms with van der Waals surface area (Å²) in [5, 5.41) is 0. The average molecular weight is 263 g/mol. The third kappa shape index (κ3) is 2.72. The van der Waals surface area contributed by atoms with Crippen LogP contribution in [0.15, 0.2) is 6.33 Å². The molecule has 0 aromatic carbocycles. The highest BCUT2D eigenvalue weighted by Crippen LogP contribution is 2.24. The summed E-state index contributed by atoms with van der Waals surface area (Å²) in [4.78, 5) is 11.2. The van der Waals surface area contributed by atoms with Crippen molar-refractivity contribution in [2.45, 2.75) is 32.2 Å². The highest BCUT2D eigenvalue weighted by atomic mass is 16.5. The van der Waals surface area contributed by atoms with Crippen molar-refractivity contribution in [1.82, 2.24) is 14.9 Å². The topological polar surface area (TPSA) is 47.5 Å². The van der Waals surface area contributed by atoms with Gasteiger partial charge in [0.1, 0.15) is 6.33 Å². The van der Waals surface area contributed by atoms with E-state index < -0.39 is 0 Å². The van der Waals surface area contributed by atoms with Gasteiger partial charge in [-0.15, -0.1) is 0 Å². The Morgan fingerprint density at radius 2 is 2.26 bits per heavy atom. The Morgan fingerprint density at radius 3 is 3.05 bits per heavy atom. The first-order valence-electron chi connectivity index (χ1n) is 7.16. The molecule has 0 amide bonds. The van der Waals surface area contributed by atoms with Gasteiger partial charge in [-0.25, -0.2) is 9.97 Å². The van der Waals surface area contributed by atoms with Crippen LogP contribution in [0.4, 0.5) is 0 Å². The predicted octanol–water partition coefficient (Wildman–Crippen LogP) is 1.06. The van der Waals surface area contributed by atoms with Crippen LogP contribution in [0.2, 0.25) is 0 Å².